The molecule has 25 heavy (non-hydrogen) atoms. The number of methoxy groups -OCH3 is 1. The molecule has 0 saturated heterocycles. The predicted octanol–water partition coefficient (Wildman–Crippen LogP) is 2.92. The van der Waals surface area contributed by atoms with Crippen molar-refractivity contribution in [1.82, 2.24) is 10.2 Å². The maximum Gasteiger partial charge on any atom is 0.249 e. The van der Waals surface area contributed by atoms with Gasteiger partial charge in [0.1, 0.15) is 11.8 Å². The summed E-state index contributed by atoms with van der Waals surface area (Å²) in [6.07, 6.45) is 0.330. The Hall–Kier alpha value is -2.82. The Morgan fingerprint density at radius 1 is 1.12 bits per heavy atom. The largest absolute Gasteiger partial charge is 0.497 e. The lowest BCUT2D eigenvalue weighted by Crippen LogP contribution is -2.40. The summed E-state index contributed by atoms with van der Waals surface area (Å²) in [6, 6.07) is 16.2. The van der Waals surface area contributed by atoms with Gasteiger partial charge in [0.15, 0.2) is 0 Å². The van der Waals surface area contributed by atoms with E-state index in [9.17, 15) is 9.59 Å². The molecule has 0 spiro atoms. The molecule has 2 amide bonds. The number of hydrogen-bond donors (Lipinski definition) is 1. The maximum absolute atomic E-state index is 12.9. The van der Waals surface area contributed by atoms with E-state index >= 15 is 0 Å². The monoisotopic (exact) mass is 340 g/mol. The summed E-state index contributed by atoms with van der Waals surface area (Å²) < 4.78 is 5.22. The number of carbonyl (C=O) groups excluding carboxylic acids is 2. The highest BCUT2D eigenvalue weighted by Crippen LogP contribution is 2.18. The van der Waals surface area contributed by atoms with Gasteiger partial charge >= 0.3 is 0 Å². The van der Waals surface area contributed by atoms with Gasteiger partial charge in [0.05, 0.1) is 7.11 Å². The topological polar surface area (TPSA) is 58.6 Å². The second-order valence-corrected chi connectivity index (χ2v) is 5.81. The first kappa shape index (κ1) is 18.5. The predicted molar refractivity (Wildman–Crippen MR) is 97.1 cm³/mol. The molecule has 1 atom stereocenters. The Kier molecular flexibility index (Phi) is 6.57. The molecule has 0 saturated carbocycles. The number of nitrogens with zero attached hydrogens (tertiary/aromatic N) is 1. The van der Waals surface area contributed by atoms with E-state index in [4.69, 9.17) is 4.74 Å². The minimum Gasteiger partial charge on any atom is -0.497 e. The molecule has 5 nitrogen and oxygen atoms in total. The highest BCUT2D eigenvalue weighted by molar-refractivity contribution is 5.88. The zero-order chi connectivity index (χ0) is 18.2. The zero-order valence-corrected chi connectivity index (χ0v) is 14.9. The Bertz CT molecular complexity index is 716. The van der Waals surface area contributed by atoms with Crippen LogP contribution in [-0.4, -0.2) is 30.9 Å². The van der Waals surface area contributed by atoms with Crippen LogP contribution in [0.3, 0.4) is 0 Å². The van der Waals surface area contributed by atoms with Crippen LogP contribution < -0.4 is 10.1 Å². The summed E-state index contributed by atoms with van der Waals surface area (Å²) in [6.45, 7) is 2.20. The molecular formula is C20H24N2O3. The van der Waals surface area contributed by atoms with E-state index in [1.165, 1.54) is 0 Å². The third kappa shape index (κ3) is 5.08. The lowest BCUT2D eigenvalue weighted by molar-refractivity contribution is -0.136. The van der Waals surface area contributed by atoms with Crippen LogP contribution in [0.2, 0.25) is 0 Å². The van der Waals surface area contributed by atoms with Crippen LogP contribution in [0.1, 0.15) is 30.5 Å². The van der Waals surface area contributed by atoms with Crippen LogP contribution in [0.4, 0.5) is 0 Å². The number of ether oxygens (including phenoxy) is 1. The lowest BCUT2D eigenvalue weighted by atomic mass is 10.0. The number of nitrogens with one attached hydrogen (secondary N) is 1. The van der Waals surface area contributed by atoms with Crippen molar-refractivity contribution in [3.05, 3.63) is 65.7 Å². The van der Waals surface area contributed by atoms with Crippen molar-refractivity contribution in [3.63, 3.8) is 0 Å². The summed E-state index contributed by atoms with van der Waals surface area (Å²) in [5, 5.41) is 2.82. The SMILES string of the molecule is CCC(=O)N[C@H](C(=O)N(C)Cc1cccc(OC)c1)c1ccccc1. The number of likely N-dealkylation sites (N-methyl/N-ethyl adjacent to an activating group) is 1. The summed E-state index contributed by atoms with van der Waals surface area (Å²) in [5.74, 6) is 0.435. The maximum atomic E-state index is 12.9. The van der Waals surface area contributed by atoms with E-state index in [-0.39, 0.29) is 11.8 Å². The van der Waals surface area contributed by atoms with Gasteiger partial charge in [-0.25, -0.2) is 0 Å². The van der Waals surface area contributed by atoms with Crippen molar-refractivity contribution < 1.29 is 14.3 Å². The third-order valence-electron chi connectivity index (χ3n) is 3.94. The Labute approximate surface area is 148 Å². The van der Waals surface area contributed by atoms with Gasteiger partial charge < -0.3 is 15.0 Å². The number of hydrogen-bond acceptors (Lipinski definition) is 3. The molecule has 5 heteroatoms. The van der Waals surface area contributed by atoms with Crippen molar-refractivity contribution in [1.29, 1.82) is 0 Å². The normalized spacial score (nSPS) is 11.5. The van der Waals surface area contributed by atoms with Crippen molar-refractivity contribution in [2.45, 2.75) is 25.9 Å². The molecule has 0 bridgehead atoms. The molecule has 2 aromatic carbocycles. The van der Waals surface area contributed by atoms with E-state index in [0.717, 1.165) is 16.9 Å². The van der Waals surface area contributed by atoms with Gasteiger partial charge in [-0.15, -0.1) is 0 Å². The zero-order valence-electron chi connectivity index (χ0n) is 14.9. The van der Waals surface area contributed by atoms with Crippen LogP contribution in [-0.2, 0) is 16.1 Å². The van der Waals surface area contributed by atoms with Crippen molar-refractivity contribution in [2.75, 3.05) is 14.2 Å². The van der Waals surface area contributed by atoms with Gasteiger partial charge in [-0.2, -0.15) is 0 Å². The fraction of sp³-hybridized carbons (Fsp3) is 0.300. The fourth-order valence-corrected chi connectivity index (χ4v) is 2.54. The van der Waals surface area contributed by atoms with Crippen LogP contribution in [0.25, 0.3) is 0 Å². The molecule has 0 radical (unpaired) electrons. The number of amides is 2. The average Bonchev–Trinajstić information content (AvgIpc) is 2.66. The van der Waals surface area contributed by atoms with Gasteiger partial charge in [0.25, 0.3) is 0 Å². The first-order valence-electron chi connectivity index (χ1n) is 8.27. The standard InChI is InChI=1S/C20H24N2O3/c1-4-18(23)21-19(16-10-6-5-7-11-16)20(24)22(2)14-15-9-8-12-17(13-15)25-3/h5-13,19H,4,14H2,1-3H3,(H,21,23)/t19-/m0/s1. The molecular weight excluding hydrogens is 316 g/mol. The third-order valence-corrected chi connectivity index (χ3v) is 3.94. The van der Waals surface area contributed by atoms with Gasteiger partial charge in [0.2, 0.25) is 11.8 Å². The molecule has 2 aromatic rings. The summed E-state index contributed by atoms with van der Waals surface area (Å²) in [5.41, 5.74) is 1.73. The molecule has 0 aromatic heterocycles. The molecule has 0 aliphatic rings. The van der Waals surface area contributed by atoms with Gasteiger partial charge in [-0.1, -0.05) is 49.4 Å². The fourth-order valence-electron chi connectivity index (χ4n) is 2.54. The van der Waals surface area contributed by atoms with Crippen molar-refractivity contribution in [3.8, 4) is 5.75 Å². The van der Waals surface area contributed by atoms with Gasteiger partial charge in [-0.3, -0.25) is 9.59 Å². The van der Waals surface area contributed by atoms with Crippen LogP contribution in [0.5, 0.6) is 5.75 Å². The van der Waals surface area contributed by atoms with E-state index in [2.05, 4.69) is 5.32 Å². The molecule has 132 valence electrons. The van der Waals surface area contributed by atoms with E-state index in [1.54, 1.807) is 26.0 Å². The Morgan fingerprint density at radius 3 is 2.48 bits per heavy atom. The summed E-state index contributed by atoms with van der Waals surface area (Å²) >= 11 is 0. The summed E-state index contributed by atoms with van der Waals surface area (Å²) in [4.78, 5) is 26.4. The van der Waals surface area contributed by atoms with Crippen molar-refractivity contribution >= 4 is 11.8 Å². The molecule has 0 aliphatic heterocycles. The van der Waals surface area contributed by atoms with Crippen LogP contribution in [0, 0.1) is 0 Å². The first-order valence-corrected chi connectivity index (χ1v) is 8.27. The smallest absolute Gasteiger partial charge is 0.249 e. The second kappa shape index (κ2) is 8.87. The minimum atomic E-state index is -0.691. The molecule has 1 N–H and O–H groups in total. The van der Waals surface area contributed by atoms with E-state index in [0.29, 0.717) is 13.0 Å². The highest BCUT2D eigenvalue weighted by atomic mass is 16.5. The van der Waals surface area contributed by atoms with Gasteiger partial charge in [0, 0.05) is 20.0 Å². The molecule has 0 heterocycles. The number of benzene rings is 2. The van der Waals surface area contributed by atoms with E-state index in [1.807, 2.05) is 54.6 Å². The number of carbonyl (C=O) groups is 2. The molecule has 0 fully saturated rings. The minimum absolute atomic E-state index is 0.156. The quantitative estimate of drug-likeness (QED) is 0.843. The Morgan fingerprint density at radius 2 is 1.84 bits per heavy atom. The lowest BCUT2D eigenvalue weighted by Gasteiger charge is -2.25. The van der Waals surface area contributed by atoms with Gasteiger partial charge in [-0.05, 0) is 23.3 Å². The Balaban J connectivity index is 2.18. The molecule has 2 rings (SSSR count). The van der Waals surface area contributed by atoms with Crippen LogP contribution in [0.15, 0.2) is 54.6 Å². The van der Waals surface area contributed by atoms with Crippen LogP contribution >= 0.6 is 0 Å². The number of rotatable bonds is 7. The summed E-state index contributed by atoms with van der Waals surface area (Å²) in [7, 11) is 3.34. The molecule has 0 aliphatic carbocycles. The highest BCUT2D eigenvalue weighted by Gasteiger charge is 2.25. The van der Waals surface area contributed by atoms with E-state index < -0.39 is 6.04 Å². The second-order valence-electron chi connectivity index (χ2n) is 5.81. The average molecular weight is 340 g/mol. The first-order chi connectivity index (χ1) is 12.0. The molecule has 0 unspecified atom stereocenters. The van der Waals surface area contributed by atoms with Crippen molar-refractivity contribution in [2.24, 2.45) is 0 Å².